The maximum atomic E-state index is 8.33. The molecule has 0 fully saturated rings. The third-order valence-corrected chi connectivity index (χ3v) is 0. The standard InChI is InChI=1S/CH2O3.2Ar.2Cs/c2-1(3)4;;;;/h(H2,2,3,4);;;;/q;;;2*+1/p-2. The van der Waals surface area contributed by atoms with Gasteiger partial charge in [0.05, 0.1) is 0 Å². The van der Waals surface area contributed by atoms with Crippen molar-refractivity contribution in [2.45, 2.75) is 0 Å². The van der Waals surface area contributed by atoms with Crippen molar-refractivity contribution in [2.75, 3.05) is 0 Å². The molecule has 0 saturated heterocycles. The first-order chi connectivity index (χ1) is 1.73. The fraction of sp³-hybridized carbons (Fsp3) is 0. The van der Waals surface area contributed by atoms with Gasteiger partial charge in [-0.3, -0.25) is 0 Å². The fourth-order valence-corrected chi connectivity index (χ4v) is 0. The first kappa shape index (κ1) is 29.2. The van der Waals surface area contributed by atoms with E-state index >= 15 is 0 Å². The van der Waals surface area contributed by atoms with E-state index in [2.05, 4.69) is 0 Å². The normalized spacial score (nSPS) is 3.00. The summed E-state index contributed by atoms with van der Waals surface area (Å²) >= 11 is 0. The van der Waals surface area contributed by atoms with Gasteiger partial charge in [0.2, 0.25) is 0 Å². The zero-order valence-electron chi connectivity index (χ0n) is 4.43. The number of hydrogen-bond acceptors (Lipinski definition) is 3. The molecule has 7 heteroatoms. The van der Waals surface area contributed by atoms with E-state index in [1.54, 1.807) is 0 Å². The van der Waals surface area contributed by atoms with E-state index in [0.29, 0.717) is 0 Å². The van der Waals surface area contributed by atoms with Crippen LogP contribution in [-0.4, -0.2) is 6.16 Å². The van der Waals surface area contributed by atoms with E-state index in [-0.39, 0.29) is 213 Å². The molecule has 0 aliphatic carbocycles. The molecule has 0 rings (SSSR count). The third kappa shape index (κ3) is 40.6. The number of carbonyl (C=O) groups is 1. The van der Waals surface area contributed by atoms with Gasteiger partial charge in [0, 0.05) is 75.5 Å². The minimum absolute atomic E-state index is 0. The summed E-state index contributed by atoms with van der Waals surface area (Å²) in [5.41, 5.74) is 0. The Labute approximate surface area is 225 Å². The molecule has 0 aliphatic heterocycles. The summed E-state index contributed by atoms with van der Waals surface area (Å²) in [7, 11) is 0. The molecule has 0 unspecified atom stereocenters. The summed E-state index contributed by atoms with van der Waals surface area (Å²) in [4.78, 5) is 8.33. The van der Waals surface area contributed by atoms with Gasteiger partial charge in [0.15, 0.2) is 0 Å². The van der Waals surface area contributed by atoms with Crippen LogP contribution >= 0.6 is 0 Å². The molecule has 0 N–H and O–H groups in total. The zero-order chi connectivity index (χ0) is 3.58. The molecular weight excluding hydrogens is 406 g/mol. The minimum atomic E-state index is -2.33. The molecule has 0 bridgehead atoms. The Morgan fingerprint density at radius 1 is 1.00 bits per heavy atom. The quantitative estimate of drug-likeness (QED) is 0.402. The average Bonchev–Trinajstić information content (AvgIpc) is 0.811. The second kappa shape index (κ2) is 23.1. The van der Waals surface area contributed by atoms with Crippen LogP contribution in [0.1, 0.15) is 0 Å². The van der Waals surface area contributed by atoms with Gasteiger partial charge in [0.1, 0.15) is 0 Å². The van der Waals surface area contributed by atoms with Gasteiger partial charge in [-0.1, -0.05) is 0 Å². The maximum absolute atomic E-state index is 8.33. The van der Waals surface area contributed by atoms with Crippen LogP contribution in [0, 0.1) is 75.5 Å². The predicted octanol–water partition coefficient (Wildman–Crippen LogP) is -8.44. The molecule has 40 valence electrons. The van der Waals surface area contributed by atoms with Gasteiger partial charge < -0.3 is 15.0 Å². The molecule has 0 radical (unpaired) electrons. The van der Waals surface area contributed by atoms with Crippen molar-refractivity contribution in [3.8, 4) is 0 Å². The SMILES string of the molecule is O=C([O-])[O-].[Ar].[Ar].[Cs+].[Cs+]. The summed E-state index contributed by atoms with van der Waals surface area (Å²) in [5.74, 6) is 0. The Balaban J connectivity index is -0.00000000750. The topological polar surface area (TPSA) is 63.2 Å². The fourth-order valence-electron chi connectivity index (χ4n) is 0. The van der Waals surface area contributed by atoms with Gasteiger partial charge in [0.25, 0.3) is 0 Å². The second-order valence-electron chi connectivity index (χ2n) is 0.250. The molecule has 0 aromatic carbocycles. The van der Waals surface area contributed by atoms with Gasteiger partial charge in [-0.25, -0.2) is 0 Å². The molecule has 0 saturated carbocycles. The third-order valence-electron chi connectivity index (χ3n) is 0. The van der Waals surface area contributed by atoms with Crippen LogP contribution in [0.4, 0.5) is 4.79 Å². The van der Waals surface area contributed by atoms with Crippen molar-refractivity contribution in [3.63, 3.8) is 0 Å². The Morgan fingerprint density at radius 2 is 1.00 bits per heavy atom. The maximum Gasteiger partial charge on any atom is 1.00 e. The van der Waals surface area contributed by atoms with Crippen molar-refractivity contribution < 1.29 is 228 Å². The van der Waals surface area contributed by atoms with Crippen LogP contribution in [-0.2, 0) is 0 Å². The molecule has 0 spiro atoms. The van der Waals surface area contributed by atoms with Crippen molar-refractivity contribution in [3.05, 3.63) is 0 Å². The van der Waals surface area contributed by atoms with Gasteiger partial charge in [-0.05, 0) is 6.16 Å². The Kier molecular flexibility index (Phi) is 84.2. The van der Waals surface area contributed by atoms with Crippen molar-refractivity contribution in [1.29, 1.82) is 0 Å². The van der Waals surface area contributed by atoms with E-state index < -0.39 is 6.16 Å². The van der Waals surface area contributed by atoms with Gasteiger partial charge in [-0.15, -0.1) is 0 Å². The Hall–Kier alpha value is 5.89. The smallest absolute Gasteiger partial charge is 0.652 e. The number of hydrogen-bond donors (Lipinski definition) is 0. The monoisotopic (exact) mass is 406 g/mol. The Bertz CT molecular complexity index is 38.3. The molecule has 8 heavy (non-hydrogen) atoms. The molecule has 3 nitrogen and oxygen atoms in total. The van der Waals surface area contributed by atoms with Crippen LogP contribution in [0.15, 0.2) is 0 Å². The average molecular weight is 406 g/mol. The Morgan fingerprint density at radius 3 is 1.00 bits per heavy atom. The van der Waals surface area contributed by atoms with Crippen LogP contribution in [0.3, 0.4) is 0 Å². The van der Waals surface area contributed by atoms with Crippen LogP contribution in [0.25, 0.3) is 0 Å². The summed E-state index contributed by atoms with van der Waals surface area (Å²) in [6, 6.07) is 0. The number of rotatable bonds is 0. The van der Waals surface area contributed by atoms with Crippen molar-refractivity contribution >= 4 is 6.16 Å². The van der Waals surface area contributed by atoms with Crippen LogP contribution in [0.5, 0.6) is 0 Å². The van der Waals surface area contributed by atoms with Crippen LogP contribution in [0.2, 0.25) is 0 Å². The minimum Gasteiger partial charge on any atom is -0.652 e. The van der Waals surface area contributed by atoms with E-state index in [1.807, 2.05) is 0 Å². The molecule has 0 aromatic rings. The summed E-state index contributed by atoms with van der Waals surface area (Å²) in [6.07, 6.45) is -2.33. The molecule has 0 amide bonds. The molecule has 0 atom stereocenters. The predicted molar refractivity (Wildman–Crippen MR) is 5.40 cm³/mol. The van der Waals surface area contributed by atoms with Crippen LogP contribution < -0.4 is 148 Å². The zero-order valence-corrected chi connectivity index (χ0v) is 18.4. The number of carboxylic acid groups (broad SMARTS) is 2. The van der Waals surface area contributed by atoms with Gasteiger partial charge in [-0.2, -0.15) is 0 Å². The van der Waals surface area contributed by atoms with E-state index in [1.165, 1.54) is 0 Å². The van der Waals surface area contributed by atoms with Gasteiger partial charge >= 0.3 is 138 Å². The summed E-state index contributed by atoms with van der Waals surface area (Å²) < 4.78 is 0. The number of carbonyl (C=O) groups excluding carboxylic acids is 1. The van der Waals surface area contributed by atoms with E-state index in [0.717, 1.165) is 0 Å². The first-order valence-electron chi connectivity index (χ1n) is 0.612. The first-order valence-corrected chi connectivity index (χ1v) is 0.612. The molecule has 0 aliphatic rings. The van der Waals surface area contributed by atoms with Crippen molar-refractivity contribution in [2.24, 2.45) is 0 Å². The second-order valence-corrected chi connectivity index (χ2v) is 0.250. The molecular formula is CAr2Cs2O3. The summed E-state index contributed by atoms with van der Waals surface area (Å²) in [6.45, 7) is 0. The van der Waals surface area contributed by atoms with E-state index in [9.17, 15) is 0 Å². The summed E-state index contributed by atoms with van der Waals surface area (Å²) in [5, 5.41) is 16.7. The van der Waals surface area contributed by atoms with Crippen molar-refractivity contribution in [1.82, 2.24) is 0 Å². The molecule has 0 heterocycles. The molecule has 0 aromatic heterocycles. The largest absolute Gasteiger partial charge is 1.00 e. The van der Waals surface area contributed by atoms with E-state index in [4.69, 9.17) is 15.0 Å².